The maximum Gasteiger partial charge on any atom is 0.228 e. The van der Waals surface area contributed by atoms with Crippen LogP contribution in [0.15, 0.2) is 12.4 Å². The van der Waals surface area contributed by atoms with Crippen molar-refractivity contribution in [1.82, 2.24) is 15.3 Å². The van der Waals surface area contributed by atoms with E-state index in [4.69, 9.17) is 4.74 Å². The van der Waals surface area contributed by atoms with Crippen molar-refractivity contribution in [3.05, 3.63) is 12.4 Å². The minimum Gasteiger partial charge on any atom is -0.473 e. The first kappa shape index (κ1) is 11.4. The number of nitrogens with one attached hydrogen (secondary N) is 1. The van der Waals surface area contributed by atoms with Crippen LogP contribution in [0.5, 0.6) is 5.88 Å². The number of carbonyl (C=O) groups excluding carboxylic acids is 1. The molecule has 1 amide bonds. The van der Waals surface area contributed by atoms with E-state index in [1.54, 1.807) is 11.0 Å². The summed E-state index contributed by atoms with van der Waals surface area (Å²) in [7, 11) is 0. The van der Waals surface area contributed by atoms with Crippen molar-refractivity contribution >= 4 is 11.7 Å². The lowest BCUT2D eigenvalue weighted by Gasteiger charge is -2.16. The fourth-order valence-corrected chi connectivity index (χ4v) is 2.33. The fraction of sp³-hybridized carbons (Fsp3) is 0.583. The first-order chi connectivity index (χ1) is 8.83. The van der Waals surface area contributed by atoms with E-state index in [1.807, 2.05) is 0 Å². The van der Waals surface area contributed by atoms with E-state index in [2.05, 4.69) is 15.3 Å². The monoisotopic (exact) mass is 248 g/mol. The molecular weight excluding hydrogens is 232 g/mol. The third-order valence-corrected chi connectivity index (χ3v) is 3.28. The summed E-state index contributed by atoms with van der Waals surface area (Å²) in [5, 5.41) is 3.24. The van der Waals surface area contributed by atoms with Gasteiger partial charge in [-0.3, -0.25) is 9.69 Å². The molecule has 1 N–H and O–H groups in total. The van der Waals surface area contributed by atoms with Crippen molar-refractivity contribution in [2.24, 2.45) is 0 Å². The number of amides is 1. The summed E-state index contributed by atoms with van der Waals surface area (Å²) < 4.78 is 5.76. The van der Waals surface area contributed by atoms with Crippen molar-refractivity contribution in [3.63, 3.8) is 0 Å². The van der Waals surface area contributed by atoms with E-state index >= 15 is 0 Å². The van der Waals surface area contributed by atoms with Gasteiger partial charge in [0.1, 0.15) is 18.2 Å². The number of aromatic nitrogens is 2. The minimum absolute atomic E-state index is 0.127. The second-order valence-electron chi connectivity index (χ2n) is 4.60. The quantitative estimate of drug-likeness (QED) is 0.835. The molecule has 0 aromatic carbocycles. The average molecular weight is 248 g/mol. The summed E-state index contributed by atoms with van der Waals surface area (Å²) in [6.07, 6.45) is 4.11. The van der Waals surface area contributed by atoms with Crippen molar-refractivity contribution in [3.8, 4) is 5.88 Å². The molecule has 0 spiro atoms. The summed E-state index contributed by atoms with van der Waals surface area (Å²) in [6.45, 7) is 2.56. The van der Waals surface area contributed by atoms with Gasteiger partial charge in [0.2, 0.25) is 11.8 Å². The molecule has 2 saturated heterocycles. The zero-order valence-electron chi connectivity index (χ0n) is 10.1. The molecule has 2 fully saturated rings. The zero-order valence-corrected chi connectivity index (χ0v) is 10.1. The molecule has 1 unspecified atom stereocenters. The van der Waals surface area contributed by atoms with Gasteiger partial charge in [-0.1, -0.05) is 0 Å². The molecule has 0 aliphatic carbocycles. The third-order valence-electron chi connectivity index (χ3n) is 3.28. The molecule has 3 rings (SSSR count). The topological polar surface area (TPSA) is 67.3 Å². The molecule has 3 heterocycles. The van der Waals surface area contributed by atoms with Gasteiger partial charge in [-0.15, -0.1) is 0 Å². The summed E-state index contributed by atoms with van der Waals surface area (Å²) in [6, 6.07) is 1.75. The molecule has 0 saturated carbocycles. The van der Waals surface area contributed by atoms with Gasteiger partial charge >= 0.3 is 0 Å². The summed E-state index contributed by atoms with van der Waals surface area (Å²) >= 11 is 0. The lowest BCUT2D eigenvalue weighted by molar-refractivity contribution is -0.117. The molecule has 2 aliphatic rings. The number of anilines is 1. The second kappa shape index (κ2) is 4.89. The molecular formula is C12H16N4O2. The number of rotatable bonds is 3. The smallest absolute Gasteiger partial charge is 0.228 e. The highest BCUT2D eigenvalue weighted by Crippen LogP contribution is 2.22. The van der Waals surface area contributed by atoms with Gasteiger partial charge < -0.3 is 10.1 Å². The van der Waals surface area contributed by atoms with E-state index in [0.29, 0.717) is 18.1 Å². The zero-order chi connectivity index (χ0) is 12.4. The number of hydrogen-bond acceptors (Lipinski definition) is 5. The SMILES string of the molecule is O=C1CCCN1c1cc(OC2CCNC2)ncn1. The van der Waals surface area contributed by atoms with Crippen molar-refractivity contribution in [1.29, 1.82) is 0 Å². The highest BCUT2D eigenvalue weighted by Gasteiger charge is 2.24. The van der Waals surface area contributed by atoms with Crippen LogP contribution in [-0.2, 0) is 4.79 Å². The lowest BCUT2D eigenvalue weighted by Crippen LogP contribution is -2.25. The molecule has 0 bridgehead atoms. The number of nitrogens with zero attached hydrogens (tertiary/aromatic N) is 3. The number of ether oxygens (including phenoxy) is 1. The minimum atomic E-state index is 0.127. The molecule has 0 radical (unpaired) electrons. The van der Waals surface area contributed by atoms with Gasteiger partial charge in [0.25, 0.3) is 0 Å². The van der Waals surface area contributed by atoms with Crippen LogP contribution in [0, 0.1) is 0 Å². The van der Waals surface area contributed by atoms with E-state index in [9.17, 15) is 4.79 Å². The highest BCUT2D eigenvalue weighted by molar-refractivity contribution is 5.94. The number of hydrogen-bond donors (Lipinski definition) is 1. The Morgan fingerprint density at radius 1 is 1.44 bits per heavy atom. The number of carbonyl (C=O) groups is 1. The largest absolute Gasteiger partial charge is 0.473 e. The van der Waals surface area contributed by atoms with Gasteiger partial charge in [-0.05, 0) is 19.4 Å². The van der Waals surface area contributed by atoms with Gasteiger partial charge in [-0.2, -0.15) is 0 Å². The molecule has 1 aromatic rings. The maximum absolute atomic E-state index is 11.6. The molecule has 18 heavy (non-hydrogen) atoms. The predicted octanol–water partition coefficient (Wildman–Crippen LogP) is 0.344. The highest BCUT2D eigenvalue weighted by atomic mass is 16.5. The fourth-order valence-electron chi connectivity index (χ4n) is 2.33. The van der Waals surface area contributed by atoms with Crippen LogP contribution in [0.2, 0.25) is 0 Å². The molecule has 1 aromatic heterocycles. The van der Waals surface area contributed by atoms with Crippen LogP contribution in [0.1, 0.15) is 19.3 Å². The Morgan fingerprint density at radius 2 is 2.39 bits per heavy atom. The molecule has 6 heteroatoms. The summed E-state index contributed by atoms with van der Waals surface area (Å²) in [4.78, 5) is 21.6. The third kappa shape index (κ3) is 2.28. The van der Waals surface area contributed by atoms with Crippen molar-refractivity contribution in [2.75, 3.05) is 24.5 Å². The van der Waals surface area contributed by atoms with Crippen LogP contribution >= 0.6 is 0 Å². The van der Waals surface area contributed by atoms with E-state index in [0.717, 1.165) is 32.5 Å². The normalized spacial score (nSPS) is 23.7. The van der Waals surface area contributed by atoms with Crippen LogP contribution in [-0.4, -0.2) is 41.6 Å². The summed E-state index contributed by atoms with van der Waals surface area (Å²) in [5.41, 5.74) is 0. The van der Waals surface area contributed by atoms with Crippen LogP contribution in [0.3, 0.4) is 0 Å². The molecule has 96 valence electrons. The Balaban J connectivity index is 1.73. The Labute approximate surface area is 105 Å². The molecule has 6 nitrogen and oxygen atoms in total. The average Bonchev–Trinajstić information content (AvgIpc) is 3.01. The molecule has 1 atom stereocenters. The van der Waals surface area contributed by atoms with E-state index in [1.165, 1.54) is 6.33 Å². The maximum atomic E-state index is 11.6. The van der Waals surface area contributed by atoms with E-state index in [-0.39, 0.29) is 12.0 Å². The van der Waals surface area contributed by atoms with Gasteiger partial charge in [0.05, 0.1) is 0 Å². The van der Waals surface area contributed by atoms with Crippen molar-refractivity contribution in [2.45, 2.75) is 25.4 Å². The van der Waals surface area contributed by atoms with Crippen LogP contribution < -0.4 is 15.0 Å². The van der Waals surface area contributed by atoms with Crippen LogP contribution in [0.25, 0.3) is 0 Å². The first-order valence-electron chi connectivity index (χ1n) is 6.33. The van der Waals surface area contributed by atoms with Gasteiger partial charge in [0, 0.05) is 25.6 Å². The van der Waals surface area contributed by atoms with Crippen molar-refractivity contribution < 1.29 is 9.53 Å². The Kier molecular flexibility index (Phi) is 3.10. The van der Waals surface area contributed by atoms with E-state index < -0.39 is 0 Å². The lowest BCUT2D eigenvalue weighted by atomic mass is 10.3. The molecule has 2 aliphatic heterocycles. The van der Waals surface area contributed by atoms with Gasteiger partial charge in [0.15, 0.2) is 0 Å². The Morgan fingerprint density at radius 3 is 3.11 bits per heavy atom. The van der Waals surface area contributed by atoms with Gasteiger partial charge in [-0.25, -0.2) is 9.97 Å². The summed E-state index contributed by atoms with van der Waals surface area (Å²) in [5.74, 6) is 1.32. The second-order valence-corrected chi connectivity index (χ2v) is 4.60. The standard InChI is InChI=1S/C12H16N4O2/c17-12-2-1-5-16(12)10-6-11(15-8-14-10)18-9-3-4-13-7-9/h6,8-9,13H,1-5,7H2. The Bertz CT molecular complexity index is 445. The van der Waals surface area contributed by atoms with Crippen LogP contribution in [0.4, 0.5) is 5.82 Å². The predicted molar refractivity (Wildman–Crippen MR) is 65.5 cm³/mol. The Hall–Kier alpha value is -1.69. The first-order valence-corrected chi connectivity index (χ1v) is 6.33.